The van der Waals surface area contributed by atoms with Crippen LogP contribution in [0.1, 0.15) is 22.2 Å². The molecular weight excluding hydrogens is 420 g/mol. The summed E-state index contributed by atoms with van der Waals surface area (Å²) in [6, 6.07) is 21.0. The summed E-state index contributed by atoms with van der Waals surface area (Å²) in [6.45, 7) is 2.03. The number of nitrogens with one attached hydrogen (secondary N) is 1. The van der Waals surface area contributed by atoms with Gasteiger partial charge in [0.05, 0.1) is 6.61 Å². The Morgan fingerprint density at radius 2 is 1.82 bits per heavy atom. The molecule has 0 bridgehead atoms. The van der Waals surface area contributed by atoms with Gasteiger partial charge in [-0.15, -0.1) is 10.2 Å². The zero-order valence-electron chi connectivity index (χ0n) is 15.1. The van der Waals surface area contributed by atoms with E-state index in [0.29, 0.717) is 13.2 Å². The maximum atomic E-state index is 12.3. The Balaban J connectivity index is 1.43. The summed E-state index contributed by atoms with van der Waals surface area (Å²) in [7, 11) is 0. The van der Waals surface area contributed by atoms with Crippen LogP contribution in [0.25, 0.3) is 0 Å². The molecule has 1 unspecified atom stereocenters. The van der Waals surface area contributed by atoms with Crippen LogP contribution in [0.3, 0.4) is 0 Å². The van der Waals surface area contributed by atoms with Crippen LogP contribution < -0.4 is 10.2 Å². The summed E-state index contributed by atoms with van der Waals surface area (Å²) in [6.07, 6.45) is -0.0234. The fourth-order valence-electron chi connectivity index (χ4n) is 3.07. The number of para-hydroxylation sites is 1. The normalized spacial score (nSPS) is 16.6. The molecule has 3 aromatic rings. The van der Waals surface area contributed by atoms with Crippen molar-refractivity contribution in [2.24, 2.45) is 0 Å². The number of hydrogen-bond acceptors (Lipinski definition) is 5. The minimum atomic E-state index is -0.278. The van der Waals surface area contributed by atoms with E-state index in [9.17, 15) is 4.79 Å². The van der Waals surface area contributed by atoms with E-state index >= 15 is 0 Å². The van der Waals surface area contributed by atoms with Crippen molar-refractivity contribution < 1.29 is 9.53 Å². The van der Waals surface area contributed by atoms with Gasteiger partial charge in [0.2, 0.25) is 0 Å². The summed E-state index contributed by atoms with van der Waals surface area (Å²) < 4.78 is 6.96. The van der Waals surface area contributed by atoms with E-state index in [-0.39, 0.29) is 17.7 Å². The molecule has 2 heterocycles. The highest BCUT2D eigenvalue weighted by molar-refractivity contribution is 9.10. The number of rotatable bonds is 4. The number of anilines is 2. The molecule has 142 valence electrons. The lowest BCUT2D eigenvalue weighted by Crippen LogP contribution is -2.39. The number of aromatic nitrogens is 2. The Labute approximate surface area is 171 Å². The summed E-state index contributed by atoms with van der Waals surface area (Å²) >= 11 is 3.46. The number of halogens is 1. The number of morpholine rings is 1. The maximum Gasteiger partial charge on any atom is 0.276 e. The number of benzene rings is 2. The van der Waals surface area contributed by atoms with Gasteiger partial charge in [0.25, 0.3) is 5.91 Å². The molecular formula is C21H19BrN4O2. The molecule has 2 aromatic carbocycles. The molecule has 1 aliphatic rings. The summed E-state index contributed by atoms with van der Waals surface area (Å²) in [5.74, 6) is 0.460. The number of hydrogen-bond donors (Lipinski definition) is 1. The van der Waals surface area contributed by atoms with Crippen molar-refractivity contribution in [1.29, 1.82) is 0 Å². The van der Waals surface area contributed by atoms with Crippen LogP contribution in [0.5, 0.6) is 0 Å². The van der Waals surface area contributed by atoms with Crippen molar-refractivity contribution in [2.45, 2.75) is 6.10 Å². The van der Waals surface area contributed by atoms with E-state index in [4.69, 9.17) is 4.74 Å². The van der Waals surface area contributed by atoms with Gasteiger partial charge in [0.15, 0.2) is 11.5 Å². The van der Waals surface area contributed by atoms with E-state index < -0.39 is 0 Å². The average Bonchev–Trinajstić information content (AvgIpc) is 2.75. The predicted molar refractivity (Wildman–Crippen MR) is 111 cm³/mol. The first-order valence-electron chi connectivity index (χ1n) is 9.01. The van der Waals surface area contributed by atoms with Gasteiger partial charge in [0.1, 0.15) is 6.10 Å². The molecule has 0 radical (unpaired) electrons. The van der Waals surface area contributed by atoms with Crippen LogP contribution in [0, 0.1) is 0 Å². The molecule has 4 rings (SSSR count). The third-order valence-electron chi connectivity index (χ3n) is 4.55. The number of amides is 1. The fraction of sp³-hybridized carbons (Fsp3) is 0.190. The van der Waals surface area contributed by atoms with Crippen molar-refractivity contribution in [1.82, 2.24) is 10.2 Å². The van der Waals surface area contributed by atoms with Crippen LogP contribution in [0.4, 0.5) is 11.5 Å². The molecule has 0 spiro atoms. The van der Waals surface area contributed by atoms with Gasteiger partial charge in [-0.25, -0.2) is 0 Å². The average molecular weight is 439 g/mol. The lowest BCUT2D eigenvalue weighted by Gasteiger charge is -2.33. The lowest BCUT2D eigenvalue weighted by atomic mass is 10.1. The third-order valence-corrected chi connectivity index (χ3v) is 5.08. The van der Waals surface area contributed by atoms with Gasteiger partial charge in [0, 0.05) is 23.2 Å². The predicted octanol–water partition coefficient (Wildman–Crippen LogP) is 4.07. The molecule has 1 saturated heterocycles. The van der Waals surface area contributed by atoms with Crippen LogP contribution >= 0.6 is 15.9 Å². The largest absolute Gasteiger partial charge is 0.370 e. The first-order valence-corrected chi connectivity index (χ1v) is 9.80. The lowest BCUT2D eigenvalue weighted by molar-refractivity contribution is 0.0394. The van der Waals surface area contributed by atoms with Crippen LogP contribution in [0.2, 0.25) is 0 Å². The number of carbonyl (C=O) groups is 1. The monoisotopic (exact) mass is 438 g/mol. The Bertz CT molecular complexity index is 933. The van der Waals surface area contributed by atoms with Gasteiger partial charge >= 0.3 is 0 Å². The quantitative estimate of drug-likeness (QED) is 0.664. The van der Waals surface area contributed by atoms with E-state index in [0.717, 1.165) is 28.1 Å². The number of ether oxygens (including phenoxy) is 1. The molecule has 7 heteroatoms. The molecule has 28 heavy (non-hydrogen) atoms. The number of carbonyl (C=O) groups excluding carboxylic acids is 1. The molecule has 1 amide bonds. The van der Waals surface area contributed by atoms with Crippen molar-refractivity contribution in [3.63, 3.8) is 0 Å². The Morgan fingerprint density at radius 1 is 1.04 bits per heavy atom. The molecule has 6 nitrogen and oxygen atoms in total. The zero-order chi connectivity index (χ0) is 19.3. The minimum Gasteiger partial charge on any atom is -0.370 e. The smallest absolute Gasteiger partial charge is 0.276 e. The molecule has 1 fully saturated rings. The second kappa shape index (κ2) is 8.50. The first-order chi connectivity index (χ1) is 13.7. The minimum absolute atomic E-state index is 0.0234. The Hall–Kier alpha value is -2.77. The van der Waals surface area contributed by atoms with E-state index in [2.05, 4.69) is 48.5 Å². The van der Waals surface area contributed by atoms with E-state index in [1.165, 1.54) is 0 Å². The second-order valence-electron chi connectivity index (χ2n) is 6.45. The van der Waals surface area contributed by atoms with Crippen molar-refractivity contribution >= 4 is 33.3 Å². The first kappa shape index (κ1) is 18.6. The summed E-state index contributed by atoms with van der Waals surface area (Å²) in [4.78, 5) is 14.4. The standard InChI is InChI=1S/C21H19BrN4O2/c22-16-8-6-15(7-9-16)19-14-26(12-13-28-19)20-11-10-18(24-25-20)21(27)23-17-4-2-1-3-5-17/h1-11,19H,12-14H2,(H,23,27). The third kappa shape index (κ3) is 4.37. The fourth-order valence-corrected chi connectivity index (χ4v) is 3.33. The van der Waals surface area contributed by atoms with Crippen molar-refractivity contribution in [3.8, 4) is 0 Å². The summed E-state index contributed by atoms with van der Waals surface area (Å²) in [5, 5.41) is 11.2. The van der Waals surface area contributed by atoms with E-state index in [1.54, 1.807) is 6.07 Å². The maximum absolute atomic E-state index is 12.3. The van der Waals surface area contributed by atoms with Crippen molar-refractivity contribution in [2.75, 3.05) is 29.9 Å². The van der Waals surface area contributed by atoms with Crippen molar-refractivity contribution in [3.05, 3.63) is 82.5 Å². The summed E-state index contributed by atoms with van der Waals surface area (Å²) in [5.41, 5.74) is 2.13. The van der Waals surface area contributed by atoms with E-state index in [1.807, 2.05) is 48.5 Å². The second-order valence-corrected chi connectivity index (χ2v) is 7.37. The molecule has 0 saturated carbocycles. The molecule has 1 atom stereocenters. The SMILES string of the molecule is O=C(Nc1ccccc1)c1ccc(N2CCOC(c3ccc(Br)cc3)C2)nn1. The van der Waals surface area contributed by atoms with Crippen LogP contribution in [-0.4, -0.2) is 35.8 Å². The highest BCUT2D eigenvalue weighted by Gasteiger charge is 2.23. The van der Waals surface area contributed by atoms with Gasteiger partial charge in [-0.1, -0.05) is 46.3 Å². The Kier molecular flexibility index (Phi) is 5.64. The highest BCUT2D eigenvalue weighted by Crippen LogP contribution is 2.26. The number of nitrogens with zero attached hydrogens (tertiary/aromatic N) is 3. The zero-order valence-corrected chi connectivity index (χ0v) is 16.7. The van der Waals surface area contributed by atoms with Crippen LogP contribution in [0.15, 0.2) is 71.2 Å². The van der Waals surface area contributed by atoms with Gasteiger partial charge in [-0.05, 0) is 42.0 Å². The highest BCUT2D eigenvalue weighted by atomic mass is 79.9. The van der Waals surface area contributed by atoms with Gasteiger partial charge in [-0.2, -0.15) is 0 Å². The molecule has 0 aliphatic carbocycles. The van der Waals surface area contributed by atoms with Gasteiger partial charge < -0.3 is 15.0 Å². The molecule has 1 N–H and O–H groups in total. The molecule has 1 aliphatic heterocycles. The topological polar surface area (TPSA) is 67.4 Å². The molecule has 1 aromatic heterocycles. The van der Waals surface area contributed by atoms with Gasteiger partial charge in [-0.3, -0.25) is 4.79 Å². The van der Waals surface area contributed by atoms with Crippen LogP contribution in [-0.2, 0) is 4.74 Å². The Morgan fingerprint density at radius 3 is 2.54 bits per heavy atom.